The van der Waals surface area contributed by atoms with Crippen LogP contribution in [0.25, 0.3) is 0 Å². The van der Waals surface area contributed by atoms with Gasteiger partial charge in [-0.05, 0) is 42.8 Å². The van der Waals surface area contributed by atoms with Gasteiger partial charge in [-0.2, -0.15) is 5.10 Å². The Morgan fingerprint density at radius 1 is 1.21 bits per heavy atom. The van der Waals surface area contributed by atoms with Crippen LogP contribution in [0.4, 0.5) is 11.4 Å². The van der Waals surface area contributed by atoms with E-state index < -0.39 is 10.0 Å². The lowest BCUT2D eigenvalue weighted by atomic mass is 9.98. The number of amides is 1. The number of aryl methyl sites for hydroxylation is 1. The molecule has 8 nitrogen and oxygen atoms in total. The molecule has 1 aromatic heterocycles. The van der Waals surface area contributed by atoms with Gasteiger partial charge in [0.1, 0.15) is 12.2 Å². The van der Waals surface area contributed by atoms with Crippen LogP contribution in [0.2, 0.25) is 0 Å². The second-order valence-electron chi connectivity index (χ2n) is 6.81. The van der Waals surface area contributed by atoms with Crippen molar-refractivity contribution < 1.29 is 13.2 Å². The molecular formula is C19H19N5O3S. The van der Waals surface area contributed by atoms with E-state index in [2.05, 4.69) is 20.5 Å². The number of hydrogen-bond donors (Lipinski definition) is 2. The topological polar surface area (TPSA) is 108 Å². The van der Waals surface area contributed by atoms with Crippen molar-refractivity contribution in [2.75, 3.05) is 22.4 Å². The van der Waals surface area contributed by atoms with Gasteiger partial charge < -0.3 is 5.32 Å². The summed E-state index contributed by atoms with van der Waals surface area (Å²) in [6, 6.07) is 12.5. The van der Waals surface area contributed by atoms with E-state index in [9.17, 15) is 13.2 Å². The van der Waals surface area contributed by atoms with Crippen molar-refractivity contribution in [3.63, 3.8) is 0 Å². The van der Waals surface area contributed by atoms with E-state index >= 15 is 0 Å². The van der Waals surface area contributed by atoms with Crippen molar-refractivity contribution in [3.05, 3.63) is 71.3 Å². The predicted molar refractivity (Wildman–Crippen MR) is 106 cm³/mol. The van der Waals surface area contributed by atoms with Crippen LogP contribution in [0.5, 0.6) is 0 Å². The molecule has 0 radical (unpaired) electrons. The summed E-state index contributed by atoms with van der Waals surface area (Å²) >= 11 is 0. The molecule has 9 heteroatoms. The van der Waals surface area contributed by atoms with Gasteiger partial charge in [0.25, 0.3) is 5.91 Å². The third-order valence-electron chi connectivity index (χ3n) is 4.76. The van der Waals surface area contributed by atoms with Gasteiger partial charge in [-0.3, -0.25) is 14.2 Å². The number of nitrogens with one attached hydrogen (secondary N) is 2. The number of hydrogen-bond acceptors (Lipinski definition) is 5. The molecule has 28 heavy (non-hydrogen) atoms. The Kier molecular flexibility index (Phi) is 4.38. The zero-order chi connectivity index (χ0) is 19.9. The first kappa shape index (κ1) is 18.2. The highest BCUT2D eigenvalue weighted by molar-refractivity contribution is 7.92. The molecule has 0 fully saturated rings. The molecule has 0 saturated carbocycles. The van der Waals surface area contributed by atoms with E-state index in [-0.39, 0.29) is 18.4 Å². The second-order valence-corrected chi connectivity index (χ2v) is 8.72. The maximum atomic E-state index is 12.7. The number of fused-ring (bicyclic) bond motifs is 1. The van der Waals surface area contributed by atoms with Crippen molar-refractivity contribution in [2.24, 2.45) is 0 Å². The minimum absolute atomic E-state index is 0.215. The third-order valence-corrected chi connectivity index (χ3v) is 5.90. The van der Waals surface area contributed by atoms with Crippen molar-refractivity contribution >= 4 is 27.3 Å². The maximum absolute atomic E-state index is 12.7. The monoisotopic (exact) mass is 397 g/mol. The number of carbonyl (C=O) groups is 1. The molecule has 1 atom stereocenters. The fourth-order valence-corrected chi connectivity index (χ4v) is 4.28. The summed E-state index contributed by atoms with van der Waals surface area (Å²) < 4.78 is 25.7. The lowest BCUT2D eigenvalue weighted by Crippen LogP contribution is -2.29. The van der Waals surface area contributed by atoms with Gasteiger partial charge in [0.15, 0.2) is 0 Å². The van der Waals surface area contributed by atoms with E-state index in [4.69, 9.17) is 0 Å². The molecule has 0 saturated heterocycles. The van der Waals surface area contributed by atoms with Gasteiger partial charge in [0.2, 0.25) is 10.0 Å². The summed E-state index contributed by atoms with van der Waals surface area (Å²) in [5.41, 5.74) is 3.51. The standard InChI is InChI=1S/C19H19N5O3S/c1-12-3-6-14(7-4-12)22-19(25)13-5-8-17-15(9-13)16(18-20-11-21-23-18)10-24(17)28(2,26)27/h3-9,11,16H,10H2,1-2H3,(H,22,25)(H,20,21,23)/t16-/m0/s1. The van der Waals surface area contributed by atoms with Crippen LogP contribution in [0.1, 0.15) is 33.2 Å². The highest BCUT2D eigenvalue weighted by atomic mass is 32.2. The number of benzene rings is 2. The molecular weight excluding hydrogens is 378 g/mol. The van der Waals surface area contributed by atoms with Gasteiger partial charge in [0.05, 0.1) is 17.9 Å². The van der Waals surface area contributed by atoms with Crippen molar-refractivity contribution in [1.82, 2.24) is 15.2 Å². The molecule has 0 bridgehead atoms. The number of sulfonamides is 1. The van der Waals surface area contributed by atoms with Crippen LogP contribution in [0.15, 0.2) is 48.8 Å². The van der Waals surface area contributed by atoms with E-state index in [1.165, 1.54) is 10.6 Å². The Morgan fingerprint density at radius 2 is 1.96 bits per heavy atom. The van der Waals surface area contributed by atoms with Crippen LogP contribution < -0.4 is 9.62 Å². The third kappa shape index (κ3) is 3.36. The van der Waals surface area contributed by atoms with Crippen molar-refractivity contribution in [2.45, 2.75) is 12.8 Å². The molecule has 2 N–H and O–H groups in total. The molecule has 0 aliphatic carbocycles. The van der Waals surface area contributed by atoms with Gasteiger partial charge in [0, 0.05) is 17.8 Å². The largest absolute Gasteiger partial charge is 0.322 e. The average Bonchev–Trinajstić information content (AvgIpc) is 3.29. The molecule has 2 aromatic carbocycles. The predicted octanol–water partition coefficient (Wildman–Crippen LogP) is 2.28. The molecule has 3 aromatic rings. The number of aromatic amines is 1. The summed E-state index contributed by atoms with van der Waals surface area (Å²) in [5.74, 6) is -0.0244. The molecule has 1 aliphatic rings. The number of carbonyl (C=O) groups excluding carboxylic acids is 1. The highest BCUT2D eigenvalue weighted by Crippen LogP contribution is 2.40. The quantitative estimate of drug-likeness (QED) is 0.702. The van der Waals surface area contributed by atoms with E-state index in [0.29, 0.717) is 22.8 Å². The molecule has 0 unspecified atom stereocenters. The molecule has 1 aliphatic heterocycles. The first-order valence-electron chi connectivity index (χ1n) is 8.68. The fourth-order valence-electron chi connectivity index (χ4n) is 3.34. The van der Waals surface area contributed by atoms with Crippen molar-refractivity contribution in [3.8, 4) is 0 Å². The lowest BCUT2D eigenvalue weighted by molar-refractivity contribution is 0.102. The van der Waals surface area contributed by atoms with Crippen LogP contribution in [0.3, 0.4) is 0 Å². The van der Waals surface area contributed by atoms with Crippen molar-refractivity contribution in [1.29, 1.82) is 0 Å². The zero-order valence-electron chi connectivity index (χ0n) is 15.4. The Bertz CT molecular complexity index is 1120. The summed E-state index contributed by atoms with van der Waals surface area (Å²) in [7, 11) is -3.45. The first-order chi connectivity index (χ1) is 13.3. The lowest BCUT2D eigenvalue weighted by Gasteiger charge is -2.16. The van der Waals surface area contributed by atoms with Gasteiger partial charge in [-0.1, -0.05) is 17.7 Å². The molecule has 0 spiro atoms. The molecule has 4 rings (SSSR count). The van der Waals surface area contributed by atoms with Gasteiger partial charge in [-0.25, -0.2) is 13.4 Å². The van der Waals surface area contributed by atoms with Crippen LogP contribution >= 0.6 is 0 Å². The zero-order valence-corrected chi connectivity index (χ0v) is 16.2. The van der Waals surface area contributed by atoms with Crippen LogP contribution in [0, 0.1) is 6.92 Å². The Hall–Kier alpha value is -3.20. The second kappa shape index (κ2) is 6.75. The highest BCUT2D eigenvalue weighted by Gasteiger charge is 2.36. The Labute approximate surface area is 162 Å². The number of H-pyrrole nitrogens is 1. The first-order valence-corrected chi connectivity index (χ1v) is 10.5. The minimum atomic E-state index is -3.45. The van der Waals surface area contributed by atoms with Crippen LogP contribution in [-0.4, -0.2) is 42.3 Å². The summed E-state index contributed by atoms with van der Waals surface area (Å²) in [4.78, 5) is 16.9. The Balaban J connectivity index is 1.70. The van der Waals surface area contributed by atoms with Crippen LogP contribution in [-0.2, 0) is 10.0 Å². The summed E-state index contributed by atoms with van der Waals surface area (Å²) in [6.45, 7) is 2.19. The Morgan fingerprint density at radius 3 is 2.61 bits per heavy atom. The molecule has 1 amide bonds. The fraction of sp³-hybridized carbons (Fsp3) is 0.211. The van der Waals surface area contributed by atoms with E-state index in [0.717, 1.165) is 17.4 Å². The normalized spacial score (nSPS) is 16.1. The van der Waals surface area contributed by atoms with Gasteiger partial charge in [-0.15, -0.1) is 0 Å². The van der Waals surface area contributed by atoms with E-state index in [1.54, 1.807) is 18.2 Å². The summed E-state index contributed by atoms with van der Waals surface area (Å²) in [6.07, 6.45) is 2.55. The minimum Gasteiger partial charge on any atom is -0.322 e. The molecule has 2 heterocycles. The number of anilines is 2. The summed E-state index contributed by atoms with van der Waals surface area (Å²) in [5, 5.41) is 9.53. The smallest absolute Gasteiger partial charge is 0.255 e. The van der Waals surface area contributed by atoms with Gasteiger partial charge >= 0.3 is 0 Å². The molecule has 144 valence electrons. The van der Waals surface area contributed by atoms with E-state index in [1.807, 2.05) is 31.2 Å². The number of nitrogens with zero attached hydrogens (tertiary/aromatic N) is 3. The SMILES string of the molecule is Cc1ccc(NC(=O)c2ccc3c(c2)[C@@H](c2ncn[nH]2)CN3S(C)(=O)=O)cc1. The number of rotatable bonds is 4. The maximum Gasteiger partial charge on any atom is 0.255 e. The number of aromatic nitrogens is 3. The average molecular weight is 397 g/mol.